The Hall–Kier alpha value is -2.81. The zero-order valence-electron chi connectivity index (χ0n) is 13.5. The van der Waals surface area contributed by atoms with E-state index in [-0.39, 0.29) is 13.2 Å². The molecule has 5 heteroatoms. The number of anilines is 1. The van der Waals surface area contributed by atoms with Crippen molar-refractivity contribution in [3.8, 4) is 11.8 Å². The fraction of sp³-hybridized carbons (Fsp3) is 0.211. The van der Waals surface area contributed by atoms with Crippen LogP contribution >= 0.6 is 0 Å². The molecule has 0 saturated carbocycles. The second kappa shape index (κ2) is 9.36. The minimum absolute atomic E-state index is 0.118. The number of urea groups is 1. The van der Waals surface area contributed by atoms with Crippen LogP contribution in [0.25, 0.3) is 0 Å². The number of nitrogens with one attached hydrogen (secondary N) is 2. The Kier molecular flexibility index (Phi) is 6.84. The van der Waals surface area contributed by atoms with Gasteiger partial charge in [-0.2, -0.15) is 0 Å². The minimum atomic E-state index is -0.733. The van der Waals surface area contributed by atoms with Gasteiger partial charge in [0.2, 0.25) is 0 Å². The Morgan fingerprint density at radius 1 is 1.12 bits per heavy atom. The third-order valence-electron chi connectivity index (χ3n) is 3.10. The number of aliphatic hydroxyl groups is 1. The highest BCUT2D eigenvalue weighted by molar-refractivity contribution is 5.89. The fourth-order valence-corrected chi connectivity index (χ4v) is 1.98. The molecular formula is C19H20N2O3. The second-order valence-corrected chi connectivity index (χ2v) is 5.14. The smallest absolute Gasteiger partial charge is 0.319 e. The first-order chi connectivity index (χ1) is 11.7. The molecule has 1 unspecified atom stereocenters. The molecule has 24 heavy (non-hydrogen) atoms. The summed E-state index contributed by atoms with van der Waals surface area (Å²) in [6.45, 7) is 0.290. The molecule has 2 aromatic rings. The van der Waals surface area contributed by atoms with Gasteiger partial charge in [0, 0.05) is 30.5 Å². The number of hydrogen-bond donors (Lipinski definition) is 3. The summed E-state index contributed by atoms with van der Waals surface area (Å²) in [4.78, 5) is 11.8. The van der Waals surface area contributed by atoms with Crippen molar-refractivity contribution in [1.29, 1.82) is 0 Å². The number of hydrogen-bond acceptors (Lipinski definition) is 3. The summed E-state index contributed by atoms with van der Waals surface area (Å²) in [5, 5.41) is 14.8. The van der Waals surface area contributed by atoms with Crippen molar-refractivity contribution < 1.29 is 14.6 Å². The predicted octanol–water partition coefficient (Wildman–Crippen LogP) is 2.22. The number of aliphatic hydroxyl groups excluding tert-OH is 1. The average molecular weight is 324 g/mol. The molecule has 2 amide bonds. The molecule has 124 valence electrons. The lowest BCUT2D eigenvalue weighted by molar-refractivity contribution is 0.0663. The molecule has 0 aliphatic carbocycles. The van der Waals surface area contributed by atoms with Gasteiger partial charge in [0.25, 0.3) is 0 Å². The molecule has 2 aromatic carbocycles. The van der Waals surface area contributed by atoms with Gasteiger partial charge in [-0.05, 0) is 30.3 Å². The van der Waals surface area contributed by atoms with Crippen molar-refractivity contribution in [1.82, 2.24) is 5.32 Å². The van der Waals surface area contributed by atoms with Crippen LogP contribution in [-0.2, 0) is 4.74 Å². The third-order valence-corrected chi connectivity index (χ3v) is 3.10. The predicted molar refractivity (Wildman–Crippen MR) is 93.8 cm³/mol. The van der Waals surface area contributed by atoms with Gasteiger partial charge in [-0.15, -0.1) is 0 Å². The first-order valence-corrected chi connectivity index (χ1v) is 7.56. The molecule has 0 aliphatic heterocycles. The molecule has 0 aliphatic rings. The number of rotatable bonds is 5. The van der Waals surface area contributed by atoms with E-state index in [1.807, 2.05) is 42.5 Å². The van der Waals surface area contributed by atoms with Crippen molar-refractivity contribution in [3.63, 3.8) is 0 Å². The third kappa shape index (κ3) is 6.13. The summed E-state index contributed by atoms with van der Waals surface area (Å²) < 4.78 is 4.80. The van der Waals surface area contributed by atoms with Crippen LogP contribution in [0, 0.1) is 11.8 Å². The highest BCUT2D eigenvalue weighted by Gasteiger charge is 2.06. The number of ether oxygens (including phenoxy) is 1. The van der Waals surface area contributed by atoms with Crippen LogP contribution in [0.2, 0.25) is 0 Å². The average Bonchev–Trinajstić information content (AvgIpc) is 2.60. The van der Waals surface area contributed by atoms with Crippen LogP contribution in [0.4, 0.5) is 10.5 Å². The minimum Gasteiger partial charge on any atom is -0.389 e. The van der Waals surface area contributed by atoms with Gasteiger partial charge < -0.3 is 20.5 Å². The maximum atomic E-state index is 11.8. The van der Waals surface area contributed by atoms with Crippen molar-refractivity contribution >= 4 is 11.7 Å². The second-order valence-electron chi connectivity index (χ2n) is 5.14. The lowest BCUT2D eigenvalue weighted by Crippen LogP contribution is -2.37. The number of benzene rings is 2. The fourth-order valence-electron chi connectivity index (χ4n) is 1.98. The first-order valence-electron chi connectivity index (χ1n) is 7.56. The van der Waals surface area contributed by atoms with Crippen LogP contribution in [0.15, 0.2) is 54.6 Å². The summed E-state index contributed by atoms with van der Waals surface area (Å²) in [7, 11) is 1.49. The van der Waals surface area contributed by atoms with E-state index in [9.17, 15) is 9.90 Å². The standard InChI is InChI=1S/C19H20N2O3/c1-24-14-18(22)13-20-19(23)21-17-9-5-8-16(12-17)11-10-15-6-3-2-4-7-15/h2-9,12,18,22H,13-14H2,1H3,(H2,20,21,23). The van der Waals surface area contributed by atoms with Gasteiger partial charge in [-0.25, -0.2) is 4.79 Å². The topological polar surface area (TPSA) is 70.6 Å². The van der Waals surface area contributed by atoms with Gasteiger partial charge >= 0.3 is 6.03 Å². The molecule has 3 N–H and O–H groups in total. The van der Waals surface area contributed by atoms with Gasteiger partial charge in [-0.3, -0.25) is 0 Å². The molecule has 2 rings (SSSR count). The SMILES string of the molecule is COCC(O)CNC(=O)Nc1cccc(C#Cc2ccccc2)c1. The molecule has 0 fully saturated rings. The highest BCUT2D eigenvalue weighted by Crippen LogP contribution is 2.10. The number of amides is 2. The van der Waals surface area contributed by atoms with E-state index in [0.29, 0.717) is 5.69 Å². The Morgan fingerprint density at radius 3 is 2.58 bits per heavy atom. The van der Waals surface area contributed by atoms with Gasteiger partial charge in [0.05, 0.1) is 12.7 Å². The molecule has 5 nitrogen and oxygen atoms in total. The number of carbonyl (C=O) groups is 1. The normalized spacial score (nSPS) is 11.1. The van der Waals surface area contributed by atoms with Gasteiger partial charge in [-0.1, -0.05) is 36.1 Å². The lowest BCUT2D eigenvalue weighted by Gasteiger charge is -2.11. The molecule has 0 spiro atoms. The molecule has 0 heterocycles. The van der Waals surface area contributed by atoms with Crippen LogP contribution in [0.3, 0.4) is 0 Å². The van der Waals surface area contributed by atoms with E-state index in [2.05, 4.69) is 22.5 Å². The zero-order valence-corrected chi connectivity index (χ0v) is 13.5. The summed E-state index contributed by atoms with van der Waals surface area (Å²) in [6, 6.07) is 16.6. The quantitative estimate of drug-likeness (QED) is 0.739. The summed E-state index contributed by atoms with van der Waals surface area (Å²) in [5.74, 6) is 6.13. The van der Waals surface area contributed by atoms with Crippen LogP contribution in [-0.4, -0.2) is 37.5 Å². The Bertz CT molecular complexity index is 720. The Morgan fingerprint density at radius 2 is 1.83 bits per heavy atom. The van der Waals surface area contributed by atoms with E-state index in [0.717, 1.165) is 11.1 Å². The van der Waals surface area contributed by atoms with Crippen molar-refractivity contribution in [2.75, 3.05) is 25.6 Å². The van der Waals surface area contributed by atoms with E-state index in [4.69, 9.17) is 4.74 Å². The maximum absolute atomic E-state index is 11.8. The largest absolute Gasteiger partial charge is 0.389 e. The first kappa shape index (κ1) is 17.5. The monoisotopic (exact) mass is 324 g/mol. The van der Waals surface area contributed by atoms with Crippen LogP contribution in [0.1, 0.15) is 11.1 Å². The van der Waals surface area contributed by atoms with E-state index >= 15 is 0 Å². The van der Waals surface area contributed by atoms with Gasteiger partial charge in [0.1, 0.15) is 0 Å². The van der Waals surface area contributed by atoms with E-state index in [1.54, 1.807) is 12.1 Å². The Labute approximate surface area is 141 Å². The highest BCUT2D eigenvalue weighted by atomic mass is 16.5. The summed E-state index contributed by atoms with van der Waals surface area (Å²) in [5.41, 5.74) is 2.37. The Balaban J connectivity index is 1.93. The summed E-state index contributed by atoms with van der Waals surface area (Å²) in [6.07, 6.45) is -0.733. The van der Waals surface area contributed by atoms with E-state index < -0.39 is 12.1 Å². The van der Waals surface area contributed by atoms with Crippen LogP contribution < -0.4 is 10.6 Å². The molecule has 0 aromatic heterocycles. The zero-order chi connectivity index (χ0) is 17.2. The maximum Gasteiger partial charge on any atom is 0.319 e. The lowest BCUT2D eigenvalue weighted by atomic mass is 10.1. The molecule has 0 saturated heterocycles. The molecule has 0 bridgehead atoms. The van der Waals surface area contributed by atoms with Crippen LogP contribution in [0.5, 0.6) is 0 Å². The molecule has 1 atom stereocenters. The number of methoxy groups -OCH3 is 1. The number of carbonyl (C=O) groups excluding carboxylic acids is 1. The van der Waals surface area contributed by atoms with E-state index in [1.165, 1.54) is 7.11 Å². The van der Waals surface area contributed by atoms with Gasteiger partial charge in [0.15, 0.2) is 0 Å². The molecular weight excluding hydrogens is 304 g/mol. The summed E-state index contributed by atoms with van der Waals surface area (Å²) >= 11 is 0. The van der Waals surface area contributed by atoms with Crippen molar-refractivity contribution in [2.45, 2.75) is 6.10 Å². The van der Waals surface area contributed by atoms with Crippen molar-refractivity contribution in [2.24, 2.45) is 0 Å². The van der Waals surface area contributed by atoms with Crippen molar-refractivity contribution in [3.05, 3.63) is 65.7 Å². The molecule has 0 radical (unpaired) electrons.